The lowest BCUT2D eigenvalue weighted by Gasteiger charge is -2.10. The van der Waals surface area contributed by atoms with E-state index in [1.807, 2.05) is 38.1 Å². The molecule has 0 saturated carbocycles. The van der Waals surface area contributed by atoms with Crippen LogP contribution in [0.4, 0.5) is 0 Å². The zero-order valence-corrected chi connectivity index (χ0v) is 14.0. The summed E-state index contributed by atoms with van der Waals surface area (Å²) in [4.78, 5) is 12.1. The summed E-state index contributed by atoms with van der Waals surface area (Å²) in [5.74, 6) is 1.21. The van der Waals surface area contributed by atoms with Crippen molar-refractivity contribution in [2.24, 2.45) is 0 Å². The van der Waals surface area contributed by atoms with E-state index in [1.165, 1.54) is 0 Å². The normalized spacial score (nSPS) is 10.2. The van der Waals surface area contributed by atoms with E-state index in [1.54, 1.807) is 18.2 Å². The molecule has 0 radical (unpaired) electrons. The fraction of sp³-hybridized carbons (Fsp3) is 0.278. The van der Waals surface area contributed by atoms with Crippen molar-refractivity contribution in [3.05, 3.63) is 58.6 Å². The fourth-order valence-electron chi connectivity index (χ4n) is 2.06. The lowest BCUT2D eigenvalue weighted by molar-refractivity contribution is 0.0947. The molecule has 0 aliphatic rings. The van der Waals surface area contributed by atoms with Gasteiger partial charge in [-0.05, 0) is 43.7 Å². The van der Waals surface area contributed by atoms with Crippen molar-refractivity contribution < 1.29 is 14.3 Å². The molecule has 4 nitrogen and oxygen atoms in total. The summed E-state index contributed by atoms with van der Waals surface area (Å²) in [6, 6.07) is 12.8. The van der Waals surface area contributed by atoms with Crippen molar-refractivity contribution in [2.45, 2.75) is 13.8 Å². The molecule has 5 heteroatoms. The standard InChI is InChI=1S/C18H20ClNO3/c1-3-22-17-9-8-14(12-15(17)19)18(21)20-10-11-23-16-7-5-4-6-13(16)2/h4-9,12H,3,10-11H2,1-2H3,(H,20,21). The number of nitrogens with one attached hydrogen (secondary N) is 1. The third-order valence-electron chi connectivity index (χ3n) is 3.23. The van der Waals surface area contributed by atoms with Gasteiger partial charge in [-0.1, -0.05) is 29.8 Å². The summed E-state index contributed by atoms with van der Waals surface area (Å²) < 4.78 is 11.0. The van der Waals surface area contributed by atoms with E-state index < -0.39 is 0 Å². The molecule has 2 aromatic carbocycles. The van der Waals surface area contributed by atoms with Crippen molar-refractivity contribution in [1.82, 2.24) is 5.32 Å². The zero-order valence-electron chi connectivity index (χ0n) is 13.3. The largest absolute Gasteiger partial charge is 0.492 e. The van der Waals surface area contributed by atoms with Crippen LogP contribution in [0.2, 0.25) is 5.02 Å². The second-order valence-corrected chi connectivity index (χ2v) is 5.36. The molecule has 0 bridgehead atoms. The third-order valence-corrected chi connectivity index (χ3v) is 3.53. The van der Waals surface area contributed by atoms with Crippen LogP contribution in [-0.2, 0) is 0 Å². The first-order valence-corrected chi connectivity index (χ1v) is 7.88. The Morgan fingerprint density at radius 2 is 1.91 bits per heavy atom. The average Bonchev–Trinajstić information content (AvgIpc) is 2.55. The Labute approximate surface area is 141 Å². The highest BCUT2D eigenvalue weighted by molar-refractivity contribution is 6.32. The maximum Gasteiger partial charge on any atom is 0.251 e. The Kier molecular flexibility index (Phi) is 6.29. The Balaban J connectivity index is 1.83. The maximum absolute atomic E-state index is 12.1. The van der Waals surface area contributed by atoms with Crippen LogP contribution in [0, 0.1) is 6.92 Å². The van der Waals surface area contributed by atoms with E-state index in [4.69, 9.17) is 21.1 Å². The Morgan fingerprint density at radius 1 is 1.13 bits per heavy atom. The van der Waals surface area contributed by atoms with E-state index in [9.17, 15) is 4.79 Å². The smallest absolute Gasteiger partial charge is 0.251 e. The number of ether oxygens (including phenoxy) is 2. The number of rotatable bonds is 7. The minimum Gasteiger partial charge on any atom is -0.492 e. The van der Waals surface area contributed by atoms with Crippen molar-refractivity contribution in [3.8, 4) is 11.5 Å². The summed E-state index contributed by atoms with van der Waals surface area (Å²) >= 11 is 6.08. The lowest BCUT2D eigenvalue weighted by atomic mass is 10.2. The minimum atomic E-state index is -0.191. The molecule has 23 heavy (non-hydrogen) atoms. The van der Waals surface area contributed by atoms with Gasteiger partial charge in [0.2, 0.25) is 0 Å². The van der Waals surface area contributed by atoms with Gasteiger partial charge in [0, 0.05) is 5.56 Å². The second-order valence-electron chi connectivity index (χ2n) is 4.95. The number of carbonyl (C=O) groups is 1. The van der Waals surface area contributed by atoms with Gasteiger partial charge in [0.25, 0.3) is 5.91 Å². The van der Waals surface area contributed by atoms with Gasteiger partial charge in [-0.25, -0.2) is 0 Å². The SMILES string of the molecule is CCOc1ccc(C(=O)NCCOc2ccccc2C)cc1Cl. The summed E-state index contributed by atoms with van der Waals surface area (Å²) in [6.07, 6.45) is 0. The van der Waals surface area contributed by atoms with Gasteiger partial charge in [0.1, 0.15) is 18.1 Å². The van der Waals surface area contributed by atoms with Crippen LogP contribution in [0.5, 0.6) is 11.5 Å². The van der Waals surface area contributed by atoms with Gasteiger partial charge in [0.15, 0.2) is 0 Å². The highest BCUT2D eigenvalue weighted by atomic mass is 35.5. The molecule has 0 fully saturated rings. The lowest BCUT2D eigenvalue weighted by Crippen LogP contribution is -2.28. The van der Waals surface area contributed by atoms with Crippen LogP contribution >= 0.6 is 11.6 Å². The molecule has 2 aromatic rings. The Hall–Kier alpha value is -2.20. The van der Waals surface area contributed by atoms with Crippen LogP contribution in [0.1, 0.15) is 22.8 Å². The Morgan fingerprint density at radius 3 is 2.61 bits per heavy atom. The summed E-state index contributed by atoms with van der Waals surface area (Å²) in [5.41, 5.74) is 1.56. The molecule has 0 aromatic heterocycles. The molecule has 0 atom stereocenters. The van der Waals surface area contributed by atoms with Crippen LogP contribution < -0.4 is 14.8 Å². The monoisotopic (exact) mass is 333 g/mol. The van der Waals surface area contributed by atoms with Crippen molar-refractivity contribution in [2.75, 3.05) is 19.8 Å². The van der Waals surface area contributed by atoms with Crippen molar-refractivity contribution in [3.63, 3.8) is 0 Å². The first-order chi connectivity index (χ1) is 11.1. The predicted molar refractivity (Wildman–Crippen MR) is 91.6 cm³/mol. The van der Waals surface area contributed by atoms with Crippen molar-refractivity contribution >= 4 is 17.5 Å². The summed E-state index contributed by atoms with van der Waals surface area (Å²) in [6.45, 7) is 5.21. The molecule has 0 spiro atoms. The quantitative estimate of drug-likeness (QED) is 0.783. The van der Waals surface area contributed by atoms with Gasteiger partial charge in [-0.2, -0.15) is 0 Å². The summed E-state index contributed by atoms with van der Waals surface area (Å²) in [5, 5.41) is 3.23. The molecule has 0 aliphatic heterocycles. The summed E-state index contributed by atoms with van der Waals surface area (Å²) in [7, 11) is 0. The van der Waals surface area contributed by atoms with Gasteiger partial charge >= 0.3 is 0 Å². The molecule has 0 saturated heterocycles. The number of aryl methyl sites for hydroxylation is 1. The van der Waals surface area contributed by atoms with Crippen LogP contribution in [0.3, 0.4) is 0 Å². The molecule has 2 rings (SSSR count). The topological polar surface area (TPSA) is 47.6 Å². The molecule has 122 valence electrons. The number of para-hydroxylation sites is 1. The second kappa shape index (κ2) is 8.44. The highest BCUT2D eigenvalue weighted by Gasteiger charge is 2.09. The van der Waals surface area contributed by atoms with Crippen LogP contribution in [0.25, 0.3) is 0 Å². The van der Waals surface area contributed by atoms with Gasteiger partial charge in [0.05, 0.1) is 18.2 Å². The molecular weight excluding hydrogens is 314 g/mol. The first-order valence-electron chi connectivity index (χ1n) is 7.50. The minimum absolute atomic E-state index is 0.191. The molecule has 0 aliphatic carbocycles. The van der Waals surface area contributed by atoms with Crippen molar-refractivity contribution in [1.29, 1.82) is 0 Å². The molecule has 0 heterocycles. The average molecular weight is 334 g/mol. The number of carbonyl (C=O) groups excluding carboxylic acids is 1. The van der Waals surface area contributed by atoms with E-state index in [2.05, 4.69) is 5.32 Å². The molecule has 1 amide bonds. The van der Waals surface area contributed by atoms with E-state index in [-0.39, 0.29) is 5.91 Å². The number of halogens is 1. The highest BCUT2D eigenvalue weighted by Crippen LogP contribution is 2.25. The molecule has 0 unspecified atom stereocenters. The van der Waals surface area contributed by atoms with Gasteiger partial charge in [-0.3, -0.25) is 4.79 Å². The first kappa shape index (κ1) is 17.2. The van der Waals surface area contributed by atoms with Gasteiger partial charge < -0.3 is 14.8 Å². The maximum atomic E-state index is 12.1. The predicted octanol–water partition coefficient (Wildman–Crippen LogP) is 3.86. The van der Waals surface area contributed by atoms with Crippen LogP contribution in [-0.4, -0.2) is 25.7 Å². The van der Waals surface area contributed by atoms with E-state index in [0.29, 0.717) is 36.1 Å². The molecular formula is C18H20ClNO3. The van der Waals surface area contributed by atoms with Crippen LogP contribution in [0.15, 0.2) is 42.5 Å². The number of amides is 1. The van der Waals surface area contributed by atoms with Gasteiger partial charge in [-0.15, -0.1) is 0 Å². The van der Waals surface area contributed by atoms with E-state index in [0.717, 1.165) is 11.3 Å². The zero-order chi connectivity index (χ0) is 16.7. The fourth-order valence-corrected chi connectivity index (χ4v) is 2.30. The number of hydrogen-bond donors (Lipinski definition) is 1. The number of benzene rings is 2. The number of hydrogen-bond acceptors (Lipinski definition) is 3. The third kappa shape index (κ3) is 4.89. The Bertz CT molecular complexity index is 673. The van der Waals surface area contributed by atoms with E-state index >= 15 is 0 Å². The molecule has 1 N–H and O–H groups in total.